The Morgan fingerprint density at radius 2 is 2.07 bits per heavy atom. The van der Waals surface area contributed by atoms with E-state index in [0.717, 1.165) is 17.0 Å². The summed E-state index contributed by atoms with van der Waals surface area (Å²) in [5, 5.41) is 18.5. The molecule has 3 aromatic rings. The summed E-state index contributed by atoms with van der Waals surface area (Å²) in [5.74, 6) is 0.594. The molecule has 1 N–H and O–H groups in total. The number of piperidine rings is 1. The van der Waals surface area contributed by atoms with Crippen LogP contribution < -0.4 is 0 Å². The summed E-state index contributed by atoms with van der Waals surface area (Å²) >= 11 is 0. The van der Waals surface area contributed by atoms with Gasteiger partial charge in [0.25, 0.3) is 0 Å². The standard InChI is InChI=1S/C19H22N4O4/c1-13-15(14(2)27-21-13)12-22-9-6-19(7-10-22,18(24)25)23-8-5-16(20-23)17-4-3-11-26-17/h3-5,8,11H,6-7,9-10,12H2,1-2H3,(H,24,25). The lowest BCUT2D eigenvalue weighted by Gasteiger charge is -2.38. The van der Waals surface area contributed by atoms with Crippen LogP contribution in [0.3, 0.4) is 0 Å². The van der Waals surface area contributed by atoms with Crippen molar-refractivity contribution in [3.05, 3.63) is 47.7 Å². The van der Waals surface area contributed by atoms with Crippen LogP contribution in [0.5, 0.6) is 0 Å². The van der Waals surface area contributed by atoms with Crippen LogP contribution in [0, 0.1) is 13.8 Å². The van der Waals surface area contributed by atoms with Crippen molar-refractivity contribution in [2.45, 2.75) is 38.8 Å². The largest absolute Gasteiger partial charge is 0.479 e. The number of carbonyl (C=O) groups is 1. The number of nitrogens with zero attached hydrogens (tertiary/aromatic N) is 4. The minimum absolute atomic E-state index is 0.477. The maximum absolute atomic E-state index is 12.2. The first-order valence-corrected chi connectivity index (χ1v) is 8.97. The van der Waals surface area contributed by atoms with Crippen molar-refractivity contribution in [2.75, 3.05) is 13.1 Å². The predicted octanol–water partition coefficient (Wildman–Crippen LogP) is 2.82. The fourth-order valence-corrected chi connectivity index (χ4v) is 3.69. The number of aryl methyl sites for hydroxylation is 2. The third kappa shape index (κ3) is 3.06. The predicted molar refractivity (Wildman–Crippen MR) is 96.0 cm³/mol. The smallest absolute Gasteiger partial charge is 0.331 e. The molecule has 0 amide bonds. The lowest BCUT2D eigenvalue weighted by Crippen LogP contribution is -2.51. The molecule has 0 aromatic carbocycles. The van der Waals surface area contributed by atoms with Gasteiger partial charge in [-0.1, -0.05) is 5.16 Å². The molecule has 1 saturated heterocycles. The molecule has 1 fully saturated rings. The quantitative estimate of drug-likeness (QED) is 0.737. The van der Waals surface area contributed by atoms with Gasteiger partial charge in [0.15, 0.2) is 11.3 Å². The van der Waals surface area contributed by atoms with E-state index in [1.807, 2.05) is 19.9 Å². The van der Waals surface area contributed by atoms with Crippen molar-refractivity contribution in [1.82, 2.24) is 19.8 Å². The van der Waals surface area contributed by atoms with E-state index in [-0.39, 0.29) is 0 Å². The first-order valence-electron chi connectivity index (χ1n) is 8.97. The Labute approximate surface area is 156 Å². The summed E-state index contributed by atoms with van der Waals surface area (Å²) in [6.07, 6.45) is 4.26. The molecule has 1 aliphatic heterocycles. The maximum atomic E-state index is 12.2. The molecule has 142 valence electrons. The lowest BCUT2D eigenvalue weighted by molar-refractivity contribution is -0.151. The molecule has 8 nitrogen and oxygen atoms in total. The lowest BCUT2D eigenvalue weighted by atomic mass is 9.87. The van der Waals surface area contributed by atoms with Crippen molar-refractivity contribution in [2.24, 2.45) is 0 Å². The third-order valence-electron chi connectivity index (χ3n) is 5.45. The molecule has 0 aliphatic carbocycles. The normalized spacial score (nSPS) is 17.3. The van der Waals surface area contributed by atoms with Crippen molar-refractivity contribution in [3.63, 3.8) is 0 Å². The molecule has 0 spiro atoms. The molecular formula is C19H22N4O4. The number of carboxylic acids is 1. The molecule has 27 heavy (non-hydrogen) atoms. The third-order valence-corrected chi connectivity index (χ3v) is 5.45. The van der Waals surface area contributed by atoms with E-state index >= 15 is 0 Å². The van der Waals surface area contributed by atoms with Gasteiger partial charge in [-0.15, -0.1) is 0 Å². The van der Waals surface area contributed by atoms with E-state index in [9.17, 15) is 9.90 Å². The minimum atomic E-state index is -1.04. The van der Waals surface area contributed by atoms with Gasteiger partial charge in [-0.25, -0.2) is 4.79 Å². The zero-order chi connectivity index (χ0) is 19.0. The van der Waals surface area contributed by atoms with Gasteiger partial charge in [-0.3, -0.25) is 9.58 Å². The van der Waals surface area contributed by atoms with Crippen molar-refractivity contribution >= 4 is 5.97 Å². The van der Waals surface area contributed by atoms with Gasteiger partial charge in [0, 0.05) is 31.4 Å². The zero-order valence-corrected chi connectivity index (χ0v) is 15.4. The fraction of sp³-hybridized carbons (Fsp3) is 0.421. The van der Waals surface area contributed by atoms with Crippen LogP contribution in [0.25, 0.3) is 11.5 Å². The first kappa shape index (κ1) is 17.5. The van der Waals surface area contributed by atoms with Crippen LogP contribution in [-0.4, -0.2) is 44.0 Å². The van der Waals surface area contributed by atoms with Crippen LogP contribution in [0.4, 0.5) is 0 Å². The number of aromatic nitrogens is 3. The van der Waals surface area contributed by atoms with Crippen LogP contribution in [0.15, 0.2) is 39.6 Å². The Morgan fingerprint density at radius 3 is 2.67 bits per heavy atom. The highest BCUT2D eigenvalue weighted by atomic mass is 16.5. The second-order valence-electron chi connectivity index (χ2n) is 7.04. The van der Waals surface area contributed by atoms with Gasteiger partial charge >= 0.3 is 5.97 Å². The highest BCUT2D eigenvalue weighted by Gasteiger charge is 2.44. The van der Waals surface area contributed by atoms with E-state index in [2.05, 4.69) is 15.2 Å². The molecule has 4 rings (SSSR count). The number of rotatable bonds is 5. The Hall–Kier alpha value is -2.87. The van der Waals surface area contributed by atoms with Crippen LogP contribution in [0.1, 0.15) is 29.9 Å². The fourth-order valence-electron chi connectivity index (χ4n) is 3.69. The number of furan rings is 1. The van der Waals surface area contributed by atoms with E-state index in [1.165, 1.54) is 0 Å². The van der Waals surface area contributed by atoms with Crippen LogP contribution in [-0.2, 0) is 16.9 Å². The van der Waals surface area contributed by atoms with Crippen molar-refractivity contribution < 1.29 is 18.8 Å². The van der Waals surface area contributed by atoms with E-state index < -0.39 is 11.5 Å². The zero-order valence-electron chi connectivity index (χ0n) is 15.4. The number of hydrogen-bond donors (Lipinski definition) is 1. The van der Waals surface area contributed by atoms with Gasteiger partial charge in [-0.05, 0) is 44.9 Å². The highest BCUT2D eigenvalue weighted by molar-refractivity contribution is 5.77. The topological polar surface area (TPSA) is 97.5 Å². The Bertz CT molecular complexity index is 913. The number of aliphatic carboxylic acids is 1. The molecule has 3 aromatic heterocycles. The first-order chi connectivity index (χ1) is 13.0. The van der Waals surface area contributed by atoms with Gasteiger partial charge in [0.1, 0.15) is 11.5 Å². The number of carboxylic acid groups (broad SMARTS) is 1. The number of hydrogen-bond acceptors (Lipinski definition) is 6. The van der Waals surface area contributed by atoms with E-state index in [4.69, 9.17) is 8.94 Å². The van der Waals surface area contributed by atoms with Crippen molar-refractivity contribution in [3.8, 4) is 11.5 Å². The summed E-state index contributed by atoms with van der Waals surface area (Å²) in [4.78, 5) is 14.4. The minimum Gasteiger partial charge on any atom is -0.479 e. The molecule has 0 bridgehead atoms. The van der Waals surface area contributed by atoms with E-state index in [0.29, 0.717) is 43.9 Å². The summed E-state index contributed by atoms with van der Waals surface area (Å²) in [7, 11) is 0. The SMILES string of the molecule is Cc1noc(C)c1CN1CCC(C(=O)O)(n2ccc(-c3ccco3)n2)CC1. The molecule has 0 saturated carbocycles. The second-order valence-corrected chi connectivity index (χ2v) is 7.04. The molecule has 0 unspecified atom stereocenters. The summed E-state index contributed by atoms with van der Waals surface area (Å²) in [6, 6.07) is 5.39. The van der Waals surface area contributed by atoms with Crippen molar-refractivity contribution in [1.29, 1.82) is 0 Å². The van der Waals surface area contributed by atoms with Gasteiger partial charge in [-0.2, -0.15) is 5.10 Å². The maximum Gasteiger partial charge on any atom is 0.331 e. The molecule has 8 heteroatoms. The molecule has 0 atom stereocenters. The Kier molecular flexibility index (Phi) is 4.35. The van der Waals surface area contributed by atoms with Crippen LogP contribution in [0.2, 0.25) is 0 Å². The average molecular weight is 370 g/mol. The molecule has 0 radical (unpaired) electrons. The Balaban J connectivity index is 1.52. The Morgan fingerprint density at radius 1 is 1.30 bits per heavy atom. The average Bonchev–Trinajstić information content (AvgIpc) is 3.40. The van der Waals surface area contributed by atoms with Gasteiger partial charge < -0.3 is 14.0 Å². The van der Waals surface area contributed by atoms with Gasteiger partial charge in [0.2, 0.25) is 0 Å². The van der Waals surface area contributed by atoms with Gasteiger partial charge in [0.05, 0.1) is 12.0 Å². The van der Waals surface area contributed by atoms with E-state index in [1.54, 1.807) is 29.3 Å². The summed E-state index contributed by atoms with van der Waals surface area (Å²) in [5.41, 5.74) is 1.56. The van der Waals surface area contributed by atoms with Crippen LogP contribution >= 0.6 is 0 Å². The summed E-state index contributed by atoms with van der Waals surface area (Å²) < 4.78 is 12.2. The molecular weight excluding hydrogens is 348 g/mol. The number of likely N-dealkylation sites (tertiary alicyclic amines) is 1. The highest BCUT2D eigenvalue weighted by Crippen LogP contribution is 2.32. The molecule has 4 heterocycles. The second kappa shape index (κ2) is 6.70. The monoisotopic (exact) mass is 370 g/mol. The summed E-state index contributed by atoms with van der Waals surface area (Å²) in [6.45, 7) is 5.87. The molecule has 1 aliphatic rings.